The average Bonchev–Trinajstić information content (AvgIpc) is 2.87. The van der Waals surface area contributed by atoms with E-state index in [1.54, 1.807) is 25.4 Å². The van der Waals surface area contributed by atoms with Crippen LogP contribution in [0.3, 0.4) is 0 Å². The van der Waals surface area contributed by atoms with E-state index in [2.05, 4.69) is 44.0 Å². The van der Waals surface area contributed by atoms with Crippen LogP contribution in [-0.4, -0.2) is 54.4 Å². The van der Waals surface area contributed by atoms with Crippen molar-refractivity contribution < 1.29 is 17.2 Å². The molecule has 1 aromatic carbocycles. The van der Waals surface area contributed by atoms with Gasteiger partial charge in [-0.15, -0.1) is 0 Å². The molecule has 0 bridgehead atoms. The Hall–Kier alpha value is -3.15. The van der Waals surface area contributed by atoms with Crippen LogP contribution < -0.4 is 10.0 Å². The molecule has 0 atom stereocenters. The maximum atomic E-state index is 13.7. The van der Waals surface area contributed by atoms with E-state index >= 15 is 0 Å². The molecule has 1 aliphatic rings. The molecule has 0 unspecified atom stereocenters. The Balaban J connectivity index is 1.38. The van der Waals surface area contributed by atoms with E-state index in [9.17, 15) is 17.2 Å². The lowest BCUT2D eigenvalue weighted by molar-refractivity contribution is 0.221. The minimum absolute atomic E-state index is 0.0128. The SMILES string of the molecule is Cc1nc(NS(=O)(=O)c2ccc(F)c(F)c2Cl)ccc1/C=C/c1cnc(NC2CCC(N(C)C)CC2)nc1. The number of rotatable bonds is 8. The van der Waals surface area contributed by atoms with Gasteiger partial charge in [-0.2, -0.15) is 0 Å². The topological polar surface area (TPSA) is 100 Å². The molecule has 1 fully saturated rings. The van der Waals surface area contributed by atoms with E-state index in [-0.39, 0.29) is 5.82 Å². The number of pyridine rings is 1. The van der Waals surface area contributed by atoms with E-state index in [4.69, 9.17) is 11.6 Å². The van der Waals surface area contributed by atoms with Gasteiger partial charge < -0.3 is 10.2 Å². The van der Waals surface area contributed by atoms with Crippen LogP contribution in [-0.2, 0) is 10.0 Å². The summed E-state index contributed by atoms with van der Waals surface area (Å²) in [6, 6.07) is 5.75. The monoisotopic (exact) mass is 562 g/mol. The molecule has 0 aliphatic heterocycles. The summed E-state index contributed by atoms with van der Waals surface area (Å²) in [6.45, 7) is 1.72. The maximum absolute atomic E-state index is 13.7. The molecule has 0 saturated heterocycles. The number of nitrogens with one attached hydrogen (secondary N) is 2. The number of benzene rings is 1. The van der Waals surface area contributed by atoms with E-state index in [1.807, 2.05) is 12.2 Å². The van der Waals surface area contributed by atoms with Crippen molar-refractivity contribution in [2.24, 2.45) is 0 Å². The molecule has 4 rings (SSSR count). The Morgan fingerprint density at radius 2 is 1.71 bits per heavy atom. The Kier molecular flexibility index (Phi) is 8.59. The summed E-state index contributed by atoms with van der Waals surface area (Å²) in [6.07, 6.45) is 11.6. The molecule has 38 heavy (non-hydrogen) atoms. The van der Waals surface area contributed by atoms with Gasteiger partial charge in [0, 0.05) is 35.7 Å². The third-order valence-corrected chi connectivity index (χ3v) is 8.42. The fourth-order valence-electron chi connectivity index (χ4n) is 4.32. The number of hydrogen-bond donors (Lipinski definition) is 2. The zero-order valence-electron chi connectivity index (χ0n) is 21.2. The highest BCUT2D eigenvalue weighted by Crippen LogP contribution is 2.28. The van der Waals surface area contributed by atoms with Gasteiger partial charge in [0.1, 0.15) is 10.7 Å². The molecule has 0 amide bonds. The summed E-state index contributed by atoms with van der Waals surface area (Å²) < 4.78 is 54.5. The molecular formula is C26H29ClF2N6O2S. The van der Waals surface area contributed by atoms with Crippen molar-refractivity contribution in [1.29, 1.82) is 0 Å². The van der Waals surface area contributed by atoms with E-state index in [1.165, 1.54) is 6.07 Å². The second kappa shape index (κ2) is 11.7. The second-order valence-electron chi connectivity index (χ2n) is 9.44. The summed E-state index contributed by atoms with van der Waals surface area (Å²) in [5.41, 5.74) is 2.09. The van der Waals surface area contributed by atoms with Crippen molar-refractivity contribution in [3.63, 3.8) is 0 Å². The molecule has 3 aromatic rings. The molecule has 2 N–H and O–H groups in total. The maximum Gasteiger partial charge on any atom is 0.264 e. The highest BCUT2D eigenvalue weighted by Gasteiger charge is 2.24. The average molecular weight is 563 g/mol. The summed E-state index contributed by atoms with van der Waals surface area (Å²) in [5, 5.41) is 2.59. The Morgan fingerprint density at radius 1 is 1.03 bits per heavy atom. The van der Waals surface area contributed by atoms with Gasteiger partial charge >= 0.3 is 0 Å². The van der Waals surface area contributed by atoms with Crippen LogP contribution in [0.4, 0.5) is 20.5 Å². The Morgan fingerprint density at radius 3 is 2.34 bits per heavy atom. The van der Waals surface area contributed by atoms with Crippen LogP contribution in [0, 0.1) is 18.6 Å². The van der Waals surface area contributed by atoms with Crippen molar-refractivity contribution in [2.45, 2.75) is 49.6 Å². The largest absolute Gasteiger partial charge is 0.351 e. The first-order valence-electron chi connectivity index (χ1n) is 12.1. The van der Waals surface area contributed by atoms with Crippen LogP contribution >= 0.6 is 11.6 Å². The molecule has 2 heterocycles. The molecule has 12 heteroatoms. The lowest BCUT2D eigenvalue weighted by Gasteiger charge is -2.32. The molecular weight excluding hydrogens is 534 g/mol. The molecule has 1 saturated carbocycles. The van der Waals surface area contributed by atoms with Crippen LogP contribution in [0.2, 0.25) is 5.02 Å². The lowest BCUT2D eigenvalue weighted by atomic mass is 9.91. The molecule has 1 aliphatic carbocycles. The molecule has 8 nitrogen and oxygen atoms in total. The van der Waals surface area contributed by atoms with Crippen molar-refractivity contribution in [1.82, 2.24) is 19.9 Å². The number of hydrogen-bond acceptors (Lipinski definition) is 7. The number of nitrogens with zero attached hydrogens (tertiary/aromatic N) is 4. The summed E-state index contributed by atoms with van der Waals surface area (Å²) in [5.74, 6) is -2.05. The summed E-state index contributed by atoms with van der Waals surface area (Å²) in [4.78, 5) is 14.8. The van der Waals surface area contributed by atoms with Gasteiger partial charge in [-0.25, -0.2) is 32.2 Å². The quantitative estimate of drug-likeness (QED) is 0.356. The van der Waals surface area contributed by atoms with Gasteiger partial charge in [-0.1, -0.05) is 23.8 Å². The van der Waals surface area contributed by atoms with Crippen LogP contribution in [0.15, 0.2) is 41.6 Å². The third-order valence-electron chi connectivity index (χ3n) is 6.54. The minimum atomic E-state index is -4.28. The molecule has 2 aromatic heterocycles. The number of aryl methyl sites for hydroxylation is 1. The van der Waals surface area contributed by atoms with Crippen molar-refractivity contribution in [2.75, 3.05) is 24.1 Å². The number of aromatic nitrogens is 3. The number of anilines is 2. The van der Waals surface area contributed by atoms with Gasteiger partial charge in [0.2, 0.25) is 5.95 Å². The summed E-state index contributed by atoms with van der Waals surface area (Å²) >= 11 is 5.70. The van der Waals surface area contributed by atoms with Gasteiger partial charge in [0.25, 0.3) is 10.0 Å². The van der Waals surface area contributed by atoms with Crippen LogP contribution in [0.5, 0.6) is 0 Å². The number of sulfonamides is 1. The Labute approximate surface area is 226 Å². The zero-order chi connectivity index (χ0) is 27.4. The normalized spacial score (nSPS) is 18.2. The fraction of sp³-hybridized carbons (Fsp3) is 0.346. The van der Waals surface area contributed by atoms with Crippen LogP contribution in [0.25, 0.3) is 12.2 Å². The van der Waals surface area contributed by atoms with E-state index < -0.39 is 31.6 Å². The first-order chi connectivity index (χ1) is 18.0. The van der Waals surface area contributed by atoms with Crippen molar-refractivity contribution in [3.05, 3.63) is 70.1 Å². The van der Waals surface area contributed by atoms with Crippen LogP contribution in [0.1, 0.15) is 42.5 Å². The van der Waals surface area contributed by atoms with Gasteiger partial charge in [0.15, 0.2) is 11.6 Å². The predicted octanol–water partition coefficient (Wildman–Crippen LogP) is 5.37. The Bertz CT molecular complexity index is 1430. The molecule has 0 spiro atoms. The third kappa shape index (κ3) is 6.64. The first kappa shape index (κ1) is 27.9. The van der Waals surface area contributed by atoms with E-state index in [0.717, 1.165) is 42.9 Å². The lowest BCUT2D eigenvalue weighted by Crippen LogP contribution is -2.36. The first-order valence-corrected chi connectivity index (χ1v) is 14.0. The molecule has 202 valence electrons. The smallest absolute Gasteiger partial charge is 0.264 e. The minimum Gasteiger partial charge on any atom is -0.351 e. The summed E-state index contributed by atoms with van der Waals surface area (Å²) in [7, 11) is -0.0398. The standard InChI is InChI=1S/C26H29ClF2N6O2S/c1-16-18(6-13-23(32-16)34-38(36,37)22-12-11-21(28)25(29)24(22)27)5-4-17-14-30-26(31-15-17)33-19-7-9-20(10-8-19)35(2)3/h4-6,11-15,19-20H,7-10H2,1-3H3,(H,32,34)(H,30,31,33)/b5-4+. The number of halogens is 3. The van der Waals surface area contributed by atoms with Crippen molar-refractivity contribution in [3.8, 4) is 0 Å². The highest BCUT2D eigenvalue weighted by atomic mass is 35.5. The zero-order valence-corrected chi connectivity index (χ0v) is 22.8. The van der Waals surface area contributed by atoms with Gasteiger partial charge in [-0.05, 0) is 76.5 Å². The second-order valence-corrected chi connectivity index (χ2v) is 11.5. The van der Waals surface area contributed by atoms with E-state index in [0.29, 0.717) is 29.8 Å². The highest BCUT2D eigenvalue weighted by molar-refractivity contribution is 7.92. The fourth-order valence-corrected chi connectivity index (χ4v) is 5.85. The molecule has 0 radical (unpaired) electrons. The van der Waals surface area contributed by atoms with Crippen molar-refractivity contribution >= 4 is 45.5 Å². The van der Waals surface area contributed by atoms with Gasteiger partial charge in [0.05, 0.1) is 5.02 Å². The predicted molar refractivity (Wildman–Crippen MR) is 145 cm³/mol. The van der Waals surface area contributed by atoms with Gasteiger partial charge in [-0.3, -0.25) is 4.72 Å².